The molecular weight excluding hydrogens is 188 g/mol. The molecule has 0 bridgehead atoms. The van der Waals surface area contributed by atoms with E-state index in [0.29, 0.717) is 11.8 Å². The van der Waals surface area contributed by atoms with E-state index in [1.807, 2.05) is 6.92 Å². The Morgan fingerprint density at radius 3 is 3.00 bits per heavy atom. The average molecular weight is 195 g/mol. The van der Waals surface area contributed by atoms with E-state index >= 15 is 0 Å². The summed E-state index contributed by atoms with van der Waals surface area (Å²) in [5.74, 6) is 0. The van der Waals surface area contributed by atoms with Gasteiger partial charge in [-0.05, 0) is 18.3 Å². The lowest BCUT2D eigenvalue weighted by Gasteiger charge is -1.92. The molecule has 1 rings (SSSR count). The second-order valence-electron chi connectivity index (χ2n) is 1.69. The summed E-state index contributed by atoms with van der Waals surface area (Å²) in [6.45, 7) is 2.34. The molecule has 0 spiro atoms. The monoisotopic (exact) mass is 194 g/mol. The Morgan fingerprint density at radius 2 is 2.55 bits per heavy atom. The lowest BCUT2D eigenvalue weighted by atomic mass is 10.9. The van der Waals surface area contributed by atoms with E-state index in [1.54, 1.807) is 0 Å². The first-order chi connectivity index (χ1) is 5.27. The molecule has 1 aromatic rings. The van der Waals surface area contributed by atoms with Crippen molar-refractivity contribution in [1.82, 2.24) is 9.78 Å². The third-order valence-corrected chi connectivity index (χ3v) is 1.95. The van der Waals surface area contributed by atoms with E-state index < -0.39 is 0 Å². The first-order valence-corrected chi connectivity index (χ1v) is 4.39. The van der Waals surface area contributed by atoms with Crippen molar-refractivity contribution in [3.63, 3.8) is 0 Å². The highest BCUT2D eigenvalue weighted by molar-refractivity contribution is 7.10. The number of halogens is 1. The number of rotatable bonds is 3. The van der Waals surface area contributed by atoms with Crippen molar-refractivity contribution < 1.29 is 4.74 Å². The van der Waals surface area contributed by atoms with Crippen LogP contribution in [0.25, 0.3) is 0 Å². The fourth-order valence-electron chi connectivity index (χ4n) is 0.545. The van der Waals surface area contributed by atoms with Crippen molar-refractivity contribution in [2.45, 2.75) is 12.9 Å². The largest absolute Gasteiger partial charge is 0.469 e. The van der Waals surface area contributed by atoms with Gasteiger partial charge in [-0.15, -0.1) is 16.7 Å². The van der Waals surface area contributed by atoms with E-state index in [-0.39, 0.29) is 10.9 Å². The molecule has 0 aromatic carbocycles. The highest BCUT2D eigenvalue weighted by atomic mass is 35.5. The summed E-state index contributed by atoms with van der Waals surface area (Å²) in [5, 5.41) is 4.16. The van der Waals surface area contributed by atoms with Crippen LogP contribution in [0.1, 0.15) is 6.92 Å². The molecule has 11 heavy (non-hydrogen) atoms. The summed E-state index contributed by atoms with van der Waals surface area (Å²) in [6.07, 6.45) is 0. The van der Waals surface area contributed by atoms with E-state index in [0.717, 1.165) is 16.0 Å². The molecule has 0 atom stereocenters. The normalized spacial score (nSPS) is 10.0. The lowest BCUT2D eigenvalue weighted by Crippen LogP contribution is -2.11. The number of hydrogen-bond acceptors (Lipinski definition) is 4. The van der Waals surface area contributed by atoms with Crippen LogP contribution >= 0.6 is 22.9 Å². The molecule has 1 heterocycles. The van der Waals surface area contributed by atoms with Crippen LogP contribution in [0.2, 0.25) is 0 Å². The van der Waals surface area contributed by atoms with Gasteiger partial charge in [-0.25, -0.2) is 4.68 Å². The zero-order chi connectivity index (χ0) is 8.27. The first kappa shape index (κ1) is 8.55. The Morgan fingerprint density at radius 1 is 1.82 bits per heavy atom. The molecule has 6 heteroatoms. The van der Waals surface area contributed by atoms with Crippen molar-refractivity contribution in [2.75, 3.05) is 6.61 Å². The number of alkyl halides is 1. The van der Waals surface area contributed by atoms with Crippen molar-refractivity contribution in [3.8, 4) is 5.19 Å². The highest BCUT2D eigenvalue weighted by Crippen LogP contribution is 2.08. The second kappa shape index (κ2) is 3.73. The number of aromatic nitrogens is 2. The number of nitrogens with zero attached hydrogens (tertiary/aromatic N) is 2. The van der Waals surface area contributed by atoms with Crippen molar-refractivity contribution in [3.05, 3.63) is 9.67 Å². The maximum atomic E-state index is 10.9. The van der Waals surface area contributed by atoms with E-state index in [4.69, 9.17) is 16.3 Å². The standard InChI is InChI=1S/C5H7ClN2O2S/c1-2-10-4-7-8(3-6)5(9)11-4/h2-3H2,1H3. The van der Waals surface area contributed by atoms with Gasteiger partial charge in [0.05, 0.1) is 6.61 Å². The van der Waals surface area contributed by atoms with Crippen molar-refractivity contribution in [1.29, 1.82) is 0 Å². The third-order valence-electron chi connectivity index (χ3n) is 0.969. The Bertz CT molecular complexity index is 282. The quantitative estimate of drug-likeness (QED) is 0.672. The second-order valence-corrected chi connectivity index (χ2v) is 2.83. The molecule has 0 saturated carbocycles. The Hall–Kier alpha value is -0.550. The molecule has 0 fully saturated rings. The topological polar surface area (TPSA) is 44.1 Å². The summed E-state index contributed by atoms with van der Waals surface area (Å²) in [4.78, 5) is 10.7. The van der Waals surface area contributed by atoms with Crippen LogP contribution < -0.4 is 9.61 Å². The maximum Gasteiger partial charge on any atom is 0.329 e. The maximum absolute atomic E-state index is 10.9. The van der Waals surface area contributed by atoms with Gasteiger partial charge >= 0.3 is 4.87 Å². The summed E-state index contributed by atoms with van der Waals surface area (Å²) < 4.78 is 6.15. The molecule has 4 nitrogen and oxygen atoms in total. The highest BCUT2D eigenvalue weighted by Gasteiger charge is 2.03. The van der Waals surface area contributed by atoms with E-state index in [1.165, 1.54) is 0 Å². The fourth-order valence-corrected chi connectivity index (χ4v) is 1.45. The molecule has 1 aromatic heterocycles. The first-order valence-electron chi connectivity index (χ1n) is 3.04. The summed E-state index contributed by atoms with van der Waals surface area (Å²) >= 11 is 6.35. The SMILES string of the molecule is CCOc1nn(CCl)c(=O)s1. The minimum atomic E-state index is -0.191. The molecule has 0 N–H and O–H groups in total. The van der Waals surface area contributed by atoms with Crippen LogP contribution in [-0.2, 0) is 6.00 Å². The van der Waals surface area contributed by atoms with Crippen molar-refractivity contribution >= 4 is 22.9 Å². The van der Waals surface area contributed by atoms with E-state index in [2.05, 4.69) is 5.10 Å². The average Bonchev–Trinajstić information content (AvgIpc) is 2.32. The molecular formula is C5H7ClN2O2S. The molecule has 0 radical (unpaired) electrons. The van der Waals surface area contributed by atoms with Gasteiger partial charge in [0.1, 0.15) is 6.00 Å². The van der Waals surface area contributed by atoms with E-state index in [9.17, 15) is 4.79 Å². The predicted molar refractivity (Wildman–Crippen MR) is 43.4 cm³/mol. The van der Waals surface area contributed by atoms with Gasteiger partial charge in [-0.3, -0.25) is 4.79 Å². The van der Waals surface area contributed by atoms with Gasteiger partial charge in [-0.1, -0.05) is 0 Å². The van der Waals surface area contributed by atoms with Gasteiger partial charge in [0.2, 0.25) is 0 Å². The van der Waals surface area contributed by atoms with Gasteiger partial charge in [0.15, 0.2) is 0 Å². The lowest BCUT2D eigenvalue weighted by molar-refractivity contribution is 0.331. The zero-order valence-electron chi connectivity index (χ0n) is 5.91. The molecule has 62 valence electrons. The van der Waals surface area contributed by atoms with Crippen LogP contribution in [0.3, 0.4) is 0 Å². The molecule has 0 aliphatic rings. The molecule has 0 saturated heterocycles. The minimum Gasteiger partial charge on any atom is -0.469 e. The predicted octanol–water partition coefficient (Wildman–Crippen LogP) is 0.900. The van der Waals surface area contributed by atoms with Gasteiger partial charge in [0, 0.05) is 0 Å². The Labute approximate surface area is 72.4 Å². The van der Waals surface area contributed by atoms with Crippen LogP contribution in [0.4, 0.5) is 0 Å². The minimum absolute atomic E-state index is 0.0718. The summed E-state index contributed by atoms with van der Waals surface area (Å²) in [5.41, 5.74) is 0. The number of ether oxygens (including phenoxy) is 1. The Balaban J connectivity index is 2.86. The summed E-state index contributed by atoms with van der Waals surface area (Å²) in [6, 6.07) is 0.0718. The smallest absolute Gasteiger partial charge is 0.329 e. The van der Waals surface area contributed by atoms with Crippen LogP contribution in [-0.4, -0.2) is 16.4 Å². The summed E-state index contributed by atoms with van der Waals surface area (Å²) in [7, 11) is 0. The van der Waals surface area contributed by atoms with Gasteiger partial charge < -0.3 is 4.74 Å². The molecule has 0 amide bonds. The van der Waals surface area contributed by atoms with Crippen LogP contribution in [0.15, 0.2) is 4.79 Å². The zero-order valence-corrected chi connectivity index (χ0v) is 7.48. The van der Waals surface area contributed by atoms with Gasteiger partial charge in [0.25, 0.3) is 5.19 Å². The number of hydrogen-bond donors (Lipinski definition) is 0. The van der Waals surface area contributed by atoms with Crippen LogP contribution in [0, 0.1) is 0 Å². The van der Waals surface area contributed by atoms with Crippen LogP contribution in [0.5, 0.6) is 5.19 Å². The molecule has 0 aliphatic heterocycles. The fraction of sp³-hybridized carbons (Fsp3) is 0.600. The Kier molecular flexibility index (Phi) is 2.90. The molecule has 0 aliphatic carbocycles. The van der Waals surface area contributed by atoms with Crippen molar-refractivity contribution in [2.24, 2.45) is 0 Å². The van der Waals surface area contributed by atoms with Gasteiger partial charge in [-0.2, -0.15) is 0 Å². The third kappa shape index (κ3) is 1.94. The molecule has 0 unspecified atom stereocenters.